The molecule has 1 heterocycles. The summed E-state index contributed by atoms with van der Waals surface area (Å²) in [6, 6.07) is 4.00. The van der Waals surface area contributed by atoms with Crippen LogP contribution in [0.1, 0.15) is 11.5 Å². The first-order valence-corrected chi connectivity index (χ1v) is 5.25. The Morgan fingerprint density at radius 3 is 3.00 bits per heavy atom. The molecule has 4 heteroatoms. The molecule has 0 radical (unpaired) electrons. The minimum absolute atomic E-state index is 0.559. The summed E-state index contributed by atoms with van der Waals surface area (Å²) in [5.41, 5.74) is 8.29. The fourth-order valence-corrected chi connectivity index (χ4v) is 2.04. The molecule has 0 fully saturated rings. The van der Waals surface area contributed by atoms with Crippen molar-refractivity contribution in [2.75, 3.05) is 6.54 Å². The van der Waals surface area contributed by atoms with Gasteiger partial charge in [-0.15, -0.1) is 0 Å². The van der Waals surface area contributed by atoms with Crippen LogP contribution in [0.5, 0.6) is 0 Å². The van der Waals surface area contributed by atoms with Crippen LogP contribution in [0.2, 0.25) is 0 Å². The van der Waals surface area contributed by atoms with Crippen molar-refractivity contribution >= 4 is 27.0 Å². The van der Waals surface area contributed by atoms with E-state index < -0.39 is 0 Å². The van der Waals surface area contributed by atoms with Gasteiger partial charge in [-0.3, -0.25) is 0 Å². The lowest BCUT2D eigenvalue weighted by Gasteiger charge is -1.93. The van der Waals surface area contributed by atoms with Gasteiger partial charge in [-0.2, -0.15) is 0 Å². The summed E-state index contributed by atoms with van der Waals surface area (Å²) in [4.78, 5) is 4.35. The van der Waals surface area contributed by atoms with Gasteiger partial charge in [0.25, 0.3) is 0 Å². The third-order valence-corrected chi connectivity index (χ3v) is 2.60. The number of hydrogen-bond acceptors (Lipinski definition) is 3. The van der Waals surface area contributed by atoms with Gasteiger partial charge in [0.05, 0.1) is 0 Å². The van der Waals surface area contributed by atoms with Gasteiger partial charge < -0.3 is 10.2 Å². The normalized spacial score (nSPS) is 11.1. The van der Waals surface area contributed by atoms with Gasteiger partial charge in [-0.1, -0.05) is 0 Å². The molecule has 0 saturated carbocycles. The molecule has 0 spiro atoms. The Labute approximate surface area is 90.4 Å². The van der Waals surface area contributed by atoms with Crippen molar-refractivity contribution in [3.05, 3.63) is 28.1 Å². The molecule has 74 valence electrons. The van der Waals surface area contributed by atoms with Gasteiger partial charge in [-0.25, -0.2) is 4.98 Å². The highest BCUT2D eigenvalue weighted by Crippen LogP contribution is 2.25. The van der Waals surface area contributed by atoms with Gasteiger partial charge >= 0.3 is 0 Å². The summed E-state index contributed by atoms with van der Waals surface area (Å²) in [6.45, 7) is 2.58. The molecule has 0 bridgehead atoms. The first-order chi connectivity index (χ1) is 6.70. The second-order valence-electron chi connectivity index (χ2n) is 3.24. The van der Waals surface area contributed by atoms with Crippen LogP contribution in [0.4, 0.5) is 0 Å². The lowest BCUT2D eigenvalue weighted by molar-refractivity contribution is 0.531. The molecule has 0 aliphatic carbocycles. The fourth-order valence-electron chi connectivity index (χ4n) is 1.39. The largest absolute Gasteiger partial charge is 0.441 e. The van der Waals surface area contributed by atoms with Crippen molar-refractivity contribution in [3.8, 4) is 0 Å². The predicted octanol–water partition coefficient (Wildman–Crippen LogP) is 2.40. The molecular weight excluding hydrogens is 244 g/mol. The molecule has 2 rings (SSSR count). The Morgan fingerprint density at radius 2 is 2.29 bits per heavy atom. The average Bonchev–Trinajstić information content (AvgIpc) is 2.48. The van der Waals surface area contributed by atoms with E-state index in [1.165, 1.54) is 0 Å². The topological polar surface area (TPSA) is 52.0 Å². The molecule has 2 aromatic rings. The maximum absolute atomic E-state index is 5.55. The third-order valence-electron chi connectivity index (χ3n) is 2.00. The van der Waals surface area contributed by atoms with Crippen LogP contribution in [0.15, 0.2) is 21.0 Å². The number of aromatic nitrogens is 1. The number of fused-ring (bicyclic) bond motifs is 1. The SMILES string of the molecule is Cc1cc(Br)c2nc(CCN)oc2c1. The molecule has 3 nitrogen and oxygen atoms in total. The predicted molar refractivity (Wildman–Crippen MR) is 59.2 cm³/mol. The smallest absolute Gasteiger partial charge is 0.196 e. The second-order valence-corrected chi connectivity index (χ2v) is 4.09. The van der Waals surface area contributed by atoms with E-state index in [2.05, 4.69) is 20.9 Å². The summed E-state index contributed by atoms with van der Waals surface area (Å²) in [5.74, 6) is 0.703. The van der Waals surface area contributed by atoms with E-state index in [1.54, 1.807) is 0 Å². The van der Waals surface area contributed by atoms with Crippen LogP contribution < -0.4 is 5.73 Å². The zero-order chi connectivity index (χ0) is 10.1. The average molecular weight is 255 g/mol. The van der Waals surface area contributed by atoms with E-state index in [0.717, 1.165) is 21.1 Å². The van der Waals surface area contributed by atoms with E-state index in [4.69, 9.17) is 10.2 Å². The van der Waals surface area contributed by atoms with Crippen LogP contribution in [-0.2, 0) is 6.42 Å². The van der Waals surface area contributed by atoms with Gasteiger partial charge in [0.15, 0.2) is 11.5 Å². The number of halogens is 1. The number of rotatable bonds is 2. The molecule has 0 aliphatic heterocycles. The van der Waals surface area contributed by atoms with Crippen molar-refractivity contribution in [1.82, 2.24) is 4.98 Å². The Balaban J connectivity index is 2.58. The number of hydrogen-bond donors (Lipinski definition) is 1. The maximum atomic E-state index is 5.55. The molecule has 0 amide bonds. The molecule has 2 N–H and O–H groups in total. The Hall–Kier alpha value is -0.870. The van der Waals surface area contributed by atoms with Crippen molar-refractivity contribution < 1.29 is 4.42 Å². The first kappa shape index (κ1) is 9.68. The Kier molecular flexibility index (Phi) is 2.56. The molecular formula is C10H11BrN2O. The number of nitrogens with two attached hydrogens (primary N) is 1. The maximum Gasteiger partial charge on any atom is 0.196 e. The summed E-state index contributed by atoms with van der Waals surface area (Å²) in [7, 11) is 0. The lowest BCUT2D eigenvalue weighted by atomic mass is 10.2. The van der Waals surface area contributed by atoms with Crippen LogP contribution in [-0.4, -0.2) is 11.5 Å². The minimum atomic E-state index is 0.559. The summed E-state index contributed by atoms with van der Waals surface area (Å²) in [6.07, 6.45) is 0.681. The second kappa shape index (κ2) is 3.71. The van der Waals surface area contributed by atoms with Crippen LogP contribution >= 0.6 is 15.9 Å². The Morgan fingerprint density at radius 1 is 1.50 bits per heavy atom. The zero-order valence-electron chi connectivity index (χ0n) is 7.88. The molecule has 1 aromatic carbocycles. The molecule has 0 saturated heterocycles. The van der Waals surface area contributed by atoms with Crippen LogP contribution in [0.25, 0.3) is 11.1 Å². The van der Waals surface area contributed by atoms with Crippen LogP contribution in [0.3, 0.4) is 0 Å². The highest BCUT2D eigenvalue weighted by atomic mass is 79.9. The van der Waals surface area contributed by atoms with E-state index in [1.807, 2.05) is 19.1 Å². The number of nitrogens with zero attached hydrogens (tertiary/aromatic N) is 1. The van der Waals surface area contributed by atoms with E-state index in [9.17, 15) is 0 Å². The summed E-state index contributed by atoms with van der Waals surface area (Å²) >= 11 is 3.46. The van der Waals surface area contributed by atoms with Crippen molar-refractivity contribution in [1.29, 1.82) is 0 Å². The van der Waals surface area contributed by atoms with E-state index in [-0.39, 0.29) is 0 Å². The molecule has 14 heavy (non-hydrogen) atoms. The van der Waals surface area contributed by atoms with Gasteiger partial charge in [0.1, 0.15) is 5.52 Å². The van der Waals surface area contributed by atoms with E-state index in [0.29, 0.717) is 18.9 Å². The highest BCUT2D eigenvalue weighted by Gasteiger charge is 2.08. The third kappa shape index (κ3) is 1.67. The fraction of sp³-hybridized carbons (Fsp3) is 0.300. The standard InChI is InChI=1S/C10H11BrN2O/c1-6-4-7(11)10-8(5-6)14-9(13-10)2-3-12/h4-5H,2-3,12H2,1H3. The monoisotopic (exact) mass is 254 g/mol. The first-order valence-electron chi connectivity index (χ1n) is 4.46. The van der Waals surface area contributed by atoms with Crippen molar-refractivity contribution in [3.63, 3.8) is 0 Å². The van der Waals surface area contributed by atoms with Crippen molar-refractivity contribution in [2.45, 2.75) is 13.3 Å². The number of aryl methyl sites for hydroxylation is 1. The molecule has 0 unspecified atom stereocenters. The summed E-state index contributed by atoms with van der Waals surface area (Å²) in [5, 5.41) is 0. The molecule has 0 atom stereocenters. The van der Waals surface area contributed by atoms with E-state index >= 15 is 0 Å². The van der Waals surface area contributed by atoms with Gasteiger partial charge in [-0.05, 0) is 40.5 Å². The van der Waals surface area contributed by atoms with Gasteiger partial charge in [0, 0.05) is 17.4 Å². The quantitative estimate of drug-likeness (QED) is 0.896. The summed E-state index contributed by atoms with van der Waals surface area (Å²) < 4.78 is 6.52. The number of oxazole rings is 1. The highest BCUT2D eigenvalue weighted by molar-refractivity contribution is 9.10. The molecule has 1 aromatic heterocycles. The lowest BCUT2D eigenvalue weighted by Crippen LogP contribution is -2.02. The van der Waals surface area contributed by atoms with Gasteiger partial charge in [0.2, 0.25) is 0 Å². The minimum Gasteiger partial charge on any atom is -0.441 e. The number of benzene rings is 1. The molecule has 0 aliphatic rings. The zero-order valence-corrected chi connectivity index (χ0v) is 9.47. The Bertz CT molecular complexity index is 464. The van der Waals surface area contributed by atoms with Crippen LogP contribution in [0, 0.1) is 6.92 Å². The van der Waals surface area contributed by atoms with Crippen molar-refractivity contribution in [2.24, 2.45) is 5.73 Å².